The van der Waals surface area contributed by atoms with Crippen LogP contribution in [-0.2, 0) is 9.47 Å². The summed E-state index contributed by atoms with van der Waals surface area (Å²) in [5.41, 5.74) is -0.573. The molecule has 0 unspecified atom stereocenters. The van der Waals surface area contributed by atoms with Gasteiger partial charge in [-0.15, -0.1) is 0 Å². The van der Waals surface area contributed by atoms with Crippen LogP contribution in [0.25, 0.3) is 0 Å². The molecular weight excluding hydrogens is 218 g/mol. The predicted octanol–water partition coefficient (Wildman–Crippen LogP) is 1.18. The Kier molecular flexibility index (Phi) is 7.04. The molecule has 0 aromatic heterocycles. The zero-order valence-corrected chi connectivity index (χ0v) is 11.2. The highest BCUT2D eigenvalue weighted by molar-refractivity contribution is 4.83. The Morgan fingerprint density at radius 1 is 1.29 bits per heavy atom. The molecule has 0 saturated carbocycles. The average molecular weight is 245 g/mol. The summed E-state index contributed by atoms with van der Waals surface area (Å²) in [4.78, 5) is 0. The van der Waals surface area contributed by atoms with Gasteiger partial charge < -0.3 is 19.9 Å². The fourth-order valence-corrected chi connectivity index (χ4v) is 1.81. The number of ether oxygens (including phenoxy) is 2. The molecule has 0 atom stereocenters. The maximum absolute atomic E-state index is 10.2. The molecule has 0 aromatic rings. The SMILES string of the molecule is CC(C)CCOCCNCC1(O)CCOCC1. The van der Waals surface area contributed by atoms with Gasteiger partial charge in [0.1, 0.15) is 0 Å². The third kappa shape index (κ3) is 6.99. The molecule has 0 spiro atoms. The lowest BCUT2D eigenvalue weighted by Crippen LogP contribution is -2.45. The Bertz CT molecular complexity index is 191. The van der Waals surface area contributed by atoms with Gasteiger partial charge >= 0.3 is 0 Å². The van der Waals surface area contributed by atoms with Crippen LogP contribution in [-0.4, -0.2) is 50.2 Å². The van der Waals surface area contributed by atoms with Crippen molar-refractivity contribution in [1.29, 1.82) is 0 Å². The van der Waals surface area contributed by atoms with Gasteiger partial charge in [-0.3, -0.25) is 0 Å². The number of aliphatic hydroxyl groups is 1. The van der Waals surface area contributed by atoms with Gasteiger partial charge in [0.15, 0.2) is 0 Å². The Balaban J connectivity index is 1.93. The van der Waals surface area contributed by atoms with Crippen molar-refractivity contribution in [2.24, 2.45) is 5.92 Å². The first-order valence-electron chi connectivity index (χ1n) is 6.71. The van der Waals surface area contributed by atoms with E-state index in [-0.39, 0.29) is 0 Å². The van der Waals surface area contributed by atoms with Gasteiger partial charge in [-0.05, 0) is 12.3 Å². The van der Waals surface area contributed by atoms with Crippen molar-refractivity contribution < 1.29 is 14.6 Å². The third-order valence-electron chi connectivity index (χ3n) is 3.14. The summed E-state index contributed by atoms with van der Waals surface area (Å²) in [6.07, 6.45) is 2.57. The first-order chi connectivity index (χ1) is 8.12. The van der Waals surface area contributed by atoms with E-state index in [4.69, 9.17) is 9.47 Å². The molecule has 1 heterocycles. The van der Waals surface area contributed by atoms with Crippen molar-refractivity contribution in [2.75, 3.05) is 39.5 Å². The van der Waals surface area contributed by atoms with Crippen LogP contribution < -0.4 is 5.32 Å². The van der Waals surface area contributed by atoms with Crippen LogP contribution in [0.1, 0.15) is 33.1 Å². The van der Waals surface area contributed by atoms with E-state index in [1.54, 1.807) is 0 Å². The van der Waals surface area contributed by atoms with E-state index in [0.717, 1.165) is 39.0 Å². The third-order valence-corrected chi connectivity index (χ3v) is 3.14. The summed E-state index contributed by atoms with van der Waals surface area (Å²) in [6.45, 7) is 8.73. The number of nitrogens with one attached hydrogen (secondary N) is 1. The van der Waals surface area contributed by atoms with Gasteiger partial charge in [0.2, 0.25) is 0 Å². The molecule has 1 aliphatic heterocycles. The Morgan fingerprint density at radius 2 is 2.00 bits per heavy atom. The smallest absolute Gasteiger partial charge is 0.0815 e. The summed E-state index contributed by atoms with van der Waals surface area (Å²) in [7, 11) is 0. The second-order valence-corrected chi connectivity index (χ2v) is 5.31. The standard InChI is InChI=1S/C13H27NO3/c1-12(2)3-7-16-10-6-14-11-13(15)4-8-17-9-5-13/h12,14-15H,3-11H2,1-2H3. The van der Waals surface area contributed by atoms with Crippen LogP contribution in [0.4, 0.5) is 0 Å². The van der Waals surface area contributed by atoms with Gasteiger partial charge in [0.25, 0.3) is 0 Å². The van der Waals surface area contributed by atoms with E-state index < -0.39 is 5.60 Å². The van der Waals surface area contributed by atoms with E-state index in [2.05, 4.69) is 19.2 Å². The molecule has 2 N–H and O–H groups in total. The molecule has 4 nitrogen and oxygen atoms in total. The lowest BCUT2D eigenvalue weighted by Gasteiger charge is -2.32. The van der Waals surface area contributed by atoms with E-state index in [1.807, 2.05) is 0 Å². The molecule has 0 bridgehead atoms. The quantitative estimate of drug-likeness (QED) is 0.631. The summed E-state index contributed by atoms with van der Waals surface area (Å²) < 4.78 is 10.7. The van der Waals surface area contributed by atoms with Gasteiger partial charge in [0.05, 0.1) is 12.2 Å². The maximum atomic E-state index is 10.2. The van der Waals surface area contributed by atoms with Gasteiger partial charge in [0, 0.05) is 45.8 Å². The average Bonchev–Trinajstić information content (AvgIpc) is 2.28. The molecule has 0 amide bonds. The minimum Gasteiger partial charge on any atom is -0.388 e. The van der Waals surface area contributed by atoms with Crippen LogP contribution in [0.3, 0.4) is 0 Å². The van der Waals surface area contributed by atoms with Gasteiger partial charge in [-0.1, -0.05) is 13.8 Å². The van der Waals surface area contributed by atoms with Crippen LogP contribution in [0.15, 0.2) is 0 Å². The minimum absolute atomic E-state index is 0.573. The molecule has 0 radical (unpaired) electrons. The largest absolute Gasteiger partial charge is 0.388 e. The second kappa shape index (κ2) is 8.03. The zero-order valence-electron chi connectivity index (χ0n) is 11.2. The van der Waals surface area contributed by atoms with Crippen molar-refractivity contribution in [3.05, 3.63) is 0 Å². The highest BCUT2D eigenvalue weighted by Gasteiger charge is 2.28. The Morgan fingerprint density at radius 3 is 2.65 bits per heavy atom. The Labute approximate surface area is 105 Å². The van der Waals surface area contributed by atoms with E-state index >= 15 is 0 Å². The molecule has 102 valence electrons. The molecule has 0 aliphatic carbocycles. The summed E-state index contributed by atoms with van der Waals surface area (Å²) >= 11 is 0. The van der Waals surface area contributed by atoms with Crippen LogP contribution in [0.5, 0.6) is 0 Å². The van der Waals surface area contributed by atoms with Crippen molar-refractivity contribution in [1.82, 2.24) is 5.32 Å². The van der Waals surface area contributed by atoms with Crippen LogP contribution in [0.2, 0.25) is 0 Å². The summed E-state index contributed by atoms with van der Waals surface area (Å²) in [5.74, 6) is 0.700. The van der Waals surface area contributed by atoms with Crippen molar-refractivity contribution in [3.8, 4) is 0 Å². The van der Waals surface area contributed by atoms with Gasteiger partial charge in [-0.25, -0.2) is 0 Å². The number of hydrogen-bond donors (Lipinski definition) is 2. The van der Waals surface area contributed by atoms with Gasteiger partial charge in [-0.2, -0.15) is 0 Å². The fraction of sp³-hybridized carbons (Fsp3) is 1.00. The fourth-order valence-electron chi connectivity index (χ4n) is 1.81. The second-order valence-electron chi connectivity index (χ2n) is 5.31. The van der Waals surface area contributed by atoms with Crippen molar-refractivity contribution in [2.45, 2.75) is 38.7 Å². The minimum atomic E-state index is -0.573. The van der Waals surface area contributed by atoms with Crippen molar-refractivity contribution in [3.63, 3.8) is 0 Å². The molecule has 1 aliphatic rings. The maximum Gasteiger partial charge on any atom is 0.0815 e. The lowest BCUT2D eigenvalue weighted by atomic mass is 9.94. The first kappa shape index (κ1) is 14.9. The molecule has 1 rings (SSSR count). The monoisotopic (exact) mass is 245 g/mol. The van der Waals surface area contributed by atoms with Crippen molar-refractivity contribution >= 4 is 0 Å². The molecule has 1 fully saturated rings. The number of rotatable bonds is 8. The Hall–Kier alpha value is -0.160. The molecule has 1 saturated heterocycles. The van der Waals surface area contributed by atoms with E-state index in [0.29, 0.717) is 25.7 Å². The van der Waals surface area contributed by atoms with E-state index in [1.165, 1.54) is 0 Å². The lowest BCUT2D eigenvalue weighted by molar-refractivity contribution is -0.0620. The van der Waals surface area contributed by atoms with Crippen LogP contribution >= 0.6 is 0 Å². The summed E-state index contributed by atoms with van der Waals surface area (Å²) in [6, 6.07) is 0. The predicted molar refractivity (Wildman–Crippen MR) is 68.1 cm³/mol. The normalized spacial score (nSPS) is 19.8. The highest BCUT2D eigenvalue weighted by atomic mass is 16.5. The number of hydrogen-bond acceptors (Lipinski definition) is 4. The molecular formula is C13H27NO3. The van der Waals surface area contributed by atoms with Crippen LogP contribution in [0, 0.1) is 5.92 Å². The zero-order chi connectivity index (χ0) is 12.6. The first-order valence-corrected chi connectivity index (χ1v) is 6.71. The molecule has 0 aromatic carbocycles. The summed E-state index contributed by atoms with van der Waals surface area (Å²) in [5, 5.41) is 13.4. The van der Waals surface area contributed by atoms with E-state index in [9.17, 15) is 5.11 Å². The molecule has 17 heavy (non-hydrogen) atoms. The highest BCUT2D eigenvalue weighted by Crippen LogP contribution is 2.18. The molecule has 4 heteroatoms. The topological polar surface area (TPSA) is 50.7 Å².